The van der Waals surface area contributed by atoms with E-state index in [9.17, 15) is 23.1 Å². The number of nitrogens with zero attached hydrogens (tertiary/aromatic N) is 2. The van der Waals surface area contributed by atoms with Gasteiger partial charge in [-0.3, -0.25) is 9.69 Å². The maximum atomic E-state index is 12.6. The van der Waals surface area contributed by atoms with Gasteiger partial charge in [0, 0.05) is 20.6 Å². The van der Waals surface area contributed by atoms with Crippen molar-refractivity contribution in [2.24, 2.45) is 0 Å². The summed E-state index contributed by atoms with van der Waals surface area (Å²) in [6.07, 6.45) is -4.60. The van der Waals surface area contributed by atoms with Crippen LogP contribution in [0.4, 0.5) is 13.2 Å². The summed E-state index contributed by atoms with van der Waals surface area (Å²) in [7, 11) is 4.86. The zero-order chi connectivity index (χ0) is 15.5. The highest BCUT2D eigenvalue weighted by Crippen LogP contribution is 2.36. The number of carbonyl (C=O) groups is 1. The standard InChI is InChI=1S/C13H17F3N2O2/c1-17(2)12(20)8-18(3)7-9-4-5-11(19)10(6-9)13(14,15)16/h4-6,19H,7-8H2,1-3H3. The van der Waals surface area contributed by atoms with E-state index in [-0.39, 0.29) is 19.0 Å². The van der Waals surface area contributed by atoms with Crippen molar-refractivity contribution in [1.29, 1.82) is 0 Å². The zero-order valence-corrected chi connectivity index (χ0v) is 11.5. The van der Waals surface area contributed by atoms with Crippen LogP contribution in [0.25, 0.3) is 0 Å². The monoisotopic (exact) mass is 290 g/mol. The van der Waals surface area contributed by atoms with Crippen LogP contribution in [-0.2, 0) is 17.5 Å². The molecule has 7 heteroatoms. The average Bonchev–Trinajstić information content (AvgIpc) is 2.29. The van der Waals surface area contributed by atoms with E-state index in [0.29, 0.717) is 5.56 Å². The van der Waals surface area contributed by atoms with E-state index >= 15 is 0 Å². The fourth-order valence-corrected chi connectivity index (χ4v) is 1.65. The number of alkyl halides is 3. The number of phenolic OH excluding ortho intramolecular Hbond substituents is 1. The molecule has 0 fully saturated rings. The molecule has 0 unspecified atom stereocenters. The predicted molar refractivity (Wildman–Crippen MR) is 68.1 cm³/mol. The van der Waals surface area contributed by atoms with E-state index in [4.69, 9.17) is 0 Å². The number of hydrogen-bond acceptors (Lipinski definition) is 3. The lowest BCUT2D eigenvalue weighted by atomic mass is 10.1. The van der Waals surface area contributed by atoms with Gasteiger partial charge in [-0.2, -0.15) is 13.2 Å². The maximum absolute atomic E-state index is 12.6. The molecule has 0 saturated carbocycles. The molecular formula is C13H17F3N2O2. The minimum atomic E-state index is -4.60. The molecule has 1 amide bonds. The molecule has 0 aromatic heterocycles. The molecule has 0 aliphatic rings. The molecule has 1 aromatic rings. The molecule has 112 valence electrons. The normalized spacial score (nSPS) is 11.8. The number of hydrogen-bond donors (Lipinski definition) is 1. The molecule has 0 aliphatic carbocycles. The van der Waals surface area contributed by atoms with E-state index in [0.717, 1.165) is 12.1 Å². The van der Waals surface area contributed by atoms with Crippen molar-refractivity contribution >= 4 is 5.91 Å². The first-order chi connectivity index (χ1) is 9.11. The Hall–Kier alpha value is -1.76. The molecule has 4 nitrogen and oxygen atoms in total. The second-order valence-electron chi connectivity index (χ2n) is 4.81. The summed E-state index contributed by atoms with van der Waals surface area (Å²) in [5, 5.41) is 9.23. The maximum Gasteiger partial charge on any atom is 0.419 e. The van der Waals surface area contributed by atoms with Gasteiger partial charge in [0.1, 0.15) is 5.75 Å². The summed E-state index contributed by atoms with van der Waals surface area (Å²) < 4.78 is 37.9. The predicted octanol–water partition coefficient (Wildman–Crippen LogP) is 1.93. The van der Waals surface area contributed by atoms with Crippen LogP contribution in [0, 0.1) is 0 Å². The Bertz CT molecular complexity index is 487. The quantitative estimate of drug-likeness (QED) is 0.921. The molecule has 0 aliphatic heterocycles. The topological polar surface area (TPSA) is 43.8 Å². The average molecular weight is 290 g/mol. The summed E-state index contributed by atoms with van der Waals surface area (Å²) in [6.45, 7) is 0.290. The molecule has 0 saturated heterocycles. The highest BCUT2D eigenvalue weighted by molar-refractivity contribution is 5.77. The first-order valence-electron chi connectivity index (χ1n) is 5.89. The highest BCUT2D eigenvalue weighted by atomic mass is 19.4. The number of halogens is 3. The molecule has 0 spiro atoms. The second-order valence-corrected chi connectivity index (χ2v) is 4.81. The summed E-state index contributed by atoms with van der Waals surface area (Å²) in [5.74, 6) is -0.935. The van der Waals surface area contributed by atoms with Crippen LogP contribution in [0.3, 0.4) is 0 Å². The lowest BCUT2D eigenvalue weighted by Gasteiger charge is -2.19. The van der Waals surface area contributed by atoms with E-state index in [1.807, 2.05) is 0 Å². The molecule has 0 heterocycles. The zero-order valence-electron chi connectivity index (χ0n) is 11.5. The number of likely N-dealkylation sites (N-methyl/N-ethyl adjacent to an activating group) is 2. The van der Waals surface area contributed by atoms with Gasteiger partial charge in [-0.15, -0.1) is 0 Å². The van der Waals surface area contributed by atoms with Gasteiger partial charge < -0.3 is 10.0 Å². The Morgan fingerprint density at radius 3 is 2.35 bits per heavy atom. The summed E-state index contributed by atoms with van der Waals surface area (Å²) >= 11 is 0. The number of carbonyl (C=O) groups excluding carboxylic acids is 1. The number of benzene rings is 1. The van der Waals surface area contributed by atoms with Crippen LogP contribution >= 0.6 is 0 Å². The Balaban J connectivity index is 2.81. The van der Waals surface area contributed by atoms with Gasteiger partial charge in [-0.05, 0) is 24.7 Å². The third kappa shape index (κ3) is 4.41. The molecule has 20 heavy (non-hydrogen) atoms. The Labute approximate surface area is 115 Å². The van der Waals surface area contributed by atoms with E-state index in [1.165, 1.54) is 11.0 Å². The van der Waals surface area contributed by atoms with Crippen molar-refractivity contribution in [3.05, 3.63) is 29.3 Å². The first-order valence-corrected chi connectivity index (χ1v) is 5.89. The van der Waals surface area contributed by atoms with Gasteiger partial charge >= 0.3 is 6.18 Å². The molecule has 0 radical (unpaired) electrons. The van der Waals surface area contributed by atoms with Crippen molar-refractivity contribution in [1.82, 2.24) is 9.80 Å². The van der Waals surface area contributed by atoms with Crippen molar-refractivity contribution in [2.75, 3.05) is 27.7 Å². The molecule has 0 atom stereocenters. The largest absolute Gasteiger partial charge is 0.507 e. The SMILES string of the molecule is CN(CC(=O)N(C)C)Cc1ccc(O)c(C(F)(F)F)c1. The summed E-state index contributed by atoms with van der Waals surface area (Å²) in [6, 6.07) is 3.31. The highest BCUT2D eigenvalue weighted by Gasteiger charge is 2.34. The fraction of sp³-hybridized carbons (Fsp3) is 0.462. The fourth-order valence-electron chi connectivity index (χ4n) is 1.65. The van der Waals surface area contributed by atoms with Crippen molar-refractivity contribution in [3.8, 4) is 5.75 Å². The first kappa shape index (κ1) is 16.3. The van der Waals surface area contributed by atoms with Crippen LogP contribution < -0.4 is 0 Å². The molecule has 1 aromatic carbocycles. The Kier molecular flexibility index (Phi) is 4.99. The van der Waals surface area contributed by atoms with Crippen LogP contribution in [0.5, 0.6) is 5.75 Å². The third-order valence-corrected chi connectivity index (χ3v) is 2.72. The van der Waals surface area contributed by atoms with Gasteiger partial charge in [0.05, 0.1) is 12.1 Å². The van der Waals surface area contributed by atoms with Gasteiger partial charge in [-0.1, -0.05) is 6.07 Å². The van der Waals surface area contributed by atoms with E-state index in [2.05, 4.69) is 0 Å². The van der Waals surface area contributed by atoms with Crippen molar-refractivity contribution in [2.45, 2.75) is 12.7 Å². The molecular weight excluding hydrogens is 273 g/mol. The minimum absolute atomic E-state index is 0.106. The molecule has 1 N–H and O–H groups in total. The third-order valence-electron chi connectivity index (χ3n) is 2.72. The van der Waals surface area contributed by atoms with Gasteiger partial charge in [-0.25, -0.2) is 0 Å². The summed E-state index contributed by atoms with van der Waals surface area (Å²) in [4.78, 5) is 14.5. The molecule has 0 bridgehead atoms. The number of aromatic hydroxyl groups is 1. The van der Waals surface area contributed by atoms with Crippen LogP contribution in [0.1, 0.15) is 11.1 Å². The number of rotatable bonds is 4. The van der Waals surface area contributed by atoms with Gasteiger partial charge in [0.15, 0.2) is 0 Å². The van der Waals surface area contributed by atoms with Crippen molar-refractivity contribution < 1.29 is 23.1 Å². The lowest BCUT2D eigenvalue weighted by Crippen LogP contribution is -2.34. The van der Waals surface area contributed by atoms with Crippen LogP contribution in [0.15, 0.2) is 18.2 Å². The van der Waals surface area contributed by atoms with E-state index in [1.54, 1.807) is 26.0 Å². The second kappa shape index (κ2) is 6.13. The number of amides is 1. The van der Waals surface area contributed by atoms with Crippen LogP contribution in [0.2, 0.25) is 0 Å². The van der Waals surface area contributed by atoms with E-state index < -0.39 is 17.5 Å². The molecule has 1 rings (SSSR count). The van der Waals surface area contributed by atoms with Crippen LogP contribution in [-0.4, -0.2) is 48.5 Å². The van der Waals surface area contributed by atoms with Gasteiger partial charge in [0.25, 0.3) is 0 Å². The van der Waals surface area contributed by atoms with Gasteiger partial charge in [0.2, 0.25) is 5.91 Å². The lowest BCUT2D eigenvalue weighted by molar-refractivity contribution is -0.139. The number of phenols is 1. The Morgan fingerprint density at radius 1 is 1.25 bits per heavy atom. The van der Waals surface area contributed by atoms with Crippen molar-refractivity contribution in [3.63, 3.8) is 0 Å². The summed E-state index contributed by atoms with van der Waals surface area (Å²) in [5.41, 5.74) is -0.688. The smallest absolute Gasteiger partial charge is 0.419 e. The Morgan fingerprint density at radius 2 is 1.85 bits per heavy atom. The minimum Gasteiger partial charge on any atom is -0.507 e.